The van der Waals surface area contributed by atoms with Gasteiger partial charge in [0.05, 0.1) is 0 Å². The van der Waals surface area contributed by atoms with E-state index in [1.54, 1.807) is 7.05 Å². The minimum Gasteiger partial charge on any atom is -0.359 e. The van der Waals surface area contributed by atoms with E-state index in [4.69, 9.17) is 0 Å². The van der Waals surface area contributed by atoms with Gasteiger partial charge in [-0.15, -0.1) is 0 Å². The first-order valence-corrected chi connectivity index (χ1v) is 6.46. The summed E-state index contributed by atoms with van der Waals surface area (Å²) in [5.74, 6) is 0.985. The molecule has 2 N–H and O–H groups in total. The van der Waals surface area contributed by atoms with Gasteiger partial charge < -0.3 is 10.6 Å². The van der Waals surface area contributed by atoms with Crippen molar-refractivity contribution in [2.45, 2.75) is 53.0 Å². The van der Waals surface area contributed by atoms with Crippen molar-refractivity contribution in [1.82, 2.24) is 10.6 Å². The second-order valence-corrected chi connectivity index (χ2v) is 4.93. The lowest BCUT2D eigenvalue weighted by Gasteiger charge is -2.19. The minimum absolute atomic E-state index is 0.137. The van der Waals surface area contributed by atoms with Gasteiger partial charge in [0.1, 0.15) is 0 Å². The first-order chi connectivity index (χ1) is 7.51. The Morgan fingerprint density at radius 3 is 2.25 bits per heavy atom. The van der Waals surface area contributed by atoms with Crippen LogP contribution in [-0.4, -0.2) is 25.5 Å². The number of hydrogen-bond acceptors (Lipinski definition) is 2. The summed E-state index contributed by atoms with van der Waals surface area (Å²) < 4.78 is 0. The molecular weight excluding hydrogens is 200 g/mol. The van der Waals surface area contributed by atoms with Gasteiger partial charge in [0, 0.05) is 19.0 Å². The monoisotopic (exact) mass is 228 g/mol. The summed E-state index contributed by atoms with van der Waals surface area (Å²) in [6.07, 6.45) is 3.29. The molecule has 0 saturated carbocycles. The molecule has 0 rings (SSSR count). The topological polar surface area (TPSA) is 41.1 Å². The van der Waals surface area contributed by atoms with Crippen LogP contribution in [-0.2, 0) is 4.79 Å². The van der Waals surface area contributed by atoms with Crippen LogP contribution in [0.25, 0.3) is 0 Å². The third-order valence-corrected chi connectivity index (χ3v) is 3.09. The molecule has 0 saturated heterocycles. The van der Waals surface area contributed by atoms with Gasteiger partial charge in [-0.25, -0.2) is 0 Å². The van der Waals surface area contributed by atoms with E-state index < -0.39 is 0 Å². The number of carbonyl (C=O) groups excluding carboxylic acids is 1. The van der Waals surface area contributed by atoms with Crippen molar-refractivity contribution in [3.63, 3.8) is 0 Å². The van der Waals surface area contributed by atoms with E-state index in [-0.39, 0.29) is 11.8 Å². The van der Waals surface area contributed by atoms with Gasteiger partial charge in [-0.1, -0.05) is 34.1 Å². The molecule has 1 amide bonds. The summed E-state index contributed by atoms with van der Waals surface area (Å²) in [4.78, 5) is 11.4. The molecule has 0 unspecified atom stereocenters. The molecule has 0 aromatic rings. The van der Waals surface area contributed by atoms with Crippen LogP contribution < -0.4 is 10.6 Å². The van der Waals surface area contributed by atoms with E-state index in [2.05, 4.69) is 31.4 Å². The highest BCUT2D eigenvalue weighted by atomic mass is 16.1. The van der Waals surface area contributed by atoms with E-state index in [1.165, 1.54) is 6.42 Å². The normalized spacial score (nSPS) is 14.9. The quantitative estimate of drug-likeness (QED) is 0.668. The first-order valence-electron chi connectivity index (χ1n) is 6.46. The number of hydrogen-bond donors (Lipinski definition) is 2. The van der Waals surface area contributed by atoms with Gasteiger partial charge in [-0.05, 0) is 25.3 Å². The smallest absolute Gasteiger partial charge is 0.222 e. The van der Waals surface area contributed by atoms with E-state index in [9.17, 15) is 4.79 Å². The van der Waals surface area contributed by atoms with Gasteiger partial charge in [-0.3, -0.25) is 4.79 Å². The SMILES string of the molecule is CC[C@@H](CC[C@@H](C)C(=O)NC)CNC(C)C. The Kier molecular flexibility index (Phi) is 8.26. The van der Waals surface area contributed by atoms with Crippen LogP contribution in [0.4, 0.5) is 0 Å². The lowest BCUT2D eigenvalue weighted by molar-refractivity contribution is -0.124. The van der Waals surface area contributed by atoms with Crippen molar-refractivity contribution in [3.05, 3.63) is 0 Å². The van der Waals surface area contributed by atoms with Crippen LogP contribution in [0, 0.1) is 11.8 Å². The van der Waals surface area contributed by atoms with Crippen LogP contribution in [0.5, 0.6) is 0 Å². The molecule has 2 atom stereocenters. The maximum atomic E-state index is 11.4. The average Bonchev–Trinajstić information content (AvgIpc) is 2.27. The maximum absolute atomic E-state index is 11.4. The van der Waals surface area contributed by atoms with Crippen molar-refractivity contribution in [3.8, 4) is 0 Å². The summed E-state index contributed by atoms with van der Waals surface area (Å²) in [6.45, 7) is 9.62. The van der Waals surface area contributed by atoms with E-state index in [1.807, 2.05) is 6.92 Å². The molecular formula is C13H28N2O. The molecule has 3 heteroatoms. The zero-order valence-corrected chi connectivity index (χ0v) is 11.5. The molecule has 0 aliphatic heterocycles. The van der Waals surface area contributed by atoms with Crippen LogP contribution in [0.1, 0.15) is 47.0 Å². The summed E-state index contributed by atoms with van der Waals surface area (Å²) in [7, 11) is 1.70. The van der Waals surface area contributed by atoms with Crippen molar-refractivity contribution in [2.24, 2.45) is 11.8 Å². The van der Waals surface area contributed by atoms with Crippen molar-refractivity contribution in [2.75, 3.05) is 13.6 Å². The van der Waals surface area contributed by atoms with Gasteiger partial charge in [-0.2, -0.15) is 0 Å². The maximum Gasteiger partial charge on any atom is 0.222 e. The van der Waals surface area contributed by atoms with Crippen molar-refractivity contribution >= 4 is 5.91 Å². The second-order valence-electron chi connectivity index (χ2n) is 4.93. The highest BCUT2D eigenvalue weighted by Gasteiger charge is 2.14. The summed E-state index contributed by atoms with van der Waals surface area (Å²) in [5.41, 5.74) is 0. The highest BCUT2D eigenvalue weighted by Crippen LogP contribution is 2.15. The Hall–Kier alpha value is -0.570. The predicted molar refractivity (Wildman–Crippen MR) is 69.4 cm³/mol. The van der Waals surface area contributed by atoms with Gasteiger partial charge in [0.25, 0.3) is 0 Å². The fourth-order valence-corrected chi connectivity index (χ4v) is 1.72. The van der Waals surface area contributed by atoms with Crippen molar-refractivity contribution in [1.29, 1.82) is 0 Å². The standard InChI is InChI=1S/C13H28N2O/c1-6-12(9-15-10(2)3)8-7-11(4)13(16)14-5/h10-12,15H,6-9H2,1-5H3,(H,14,16)/t11-,12+/m1/s1. The average molecular weight is 228 g/mol. The highest BCUT2D eigenvalue weighted by molar-refractivity contribution is 5.77. The lowest BCUT2D eigenvalue weighted by atomic mass is 9.94. The predicted octanol–water partition coefficient (Wildman–Crippen LogP) is 2.17. The number of carbonyl (C=O) groups is 1. The molecule has 0 heterocycles. The molecule has 0 aromatic heterocycles. The Morgan fingerprint density at radius 2 is 1.81 bits per heavy atom. The Bertz CT molecular complexity index is 192. The molecule has 0 fully saturated rings. The third kappa shape index (κ3) is 6.83. The number of amides is 1. The second kappa shape index (κ2) is 8.57. The van der Waals surface area contributed by atoms with Gasteiger partial charge in [0.2, 0.25) is 5.91 Å². The lowest BCUT2D eigenvalue weighted by Crippen LogP contribution is -2.30. The minimum atomic E-state index is 0.137. The van der Waals surface area contributed by atoms with Crippen LogP contribution >= 0.6 is 0 Å². The summed E-state index contributed by atoms with van der Waals surface area (Å²) in [6, 6.07) is 0.547. The third-order valence-electron chi connectivity index (χ3n) is 3.09. The molecule has 0 aromatic carbocycles. The summed E-state index contributed by atoms with van der Waals surface area (Å²) >= 11 is 0. The zero-order chi connectivity index (χ0) is 12.6. The van der Waals surface area contributed by atoms with E-state index in [0.29, 0.717) is 12.0 Å². The largest absolute Gasteiger partial charge is 0.359 e. The Morgan fingerprint density at radius 1 is 1.19 bits per heavy atom. The molecule has 96 valence electrons. The van der Waals surface area contributed by atoms with Crippen LogP contribution in [0.3, 0.4) is 0 Å². The Balaban J connectivity index is 3.81. The van der Waals surface area contributed by atoms with Gasteiger partial charge >= 0.3 is 0 Å². The van der Waals surface area contributed by atoms with Crippen LogP contribution in [0.2, 0.25) is 0 Å². The zero-order valence-electron chi connectivity index (χ0n) is 11.5. The first kappa shape index (κ1) is 15.4. The molecule has 0 radical (unpaired) electrons. The fraction of sp³-hybridized carbons (Fsp3) is 0.923. The van der Waals surface area contributed by atoms with Crippen LogP contribution in [0.15, 0.2) is 0 Å². The fourth-order valence-electron chi connectivity index (χ4n) is 1.72. The van der Waals surface area contributed by atoms with E-state index in [0.717, 1.165) is 19.4 Å². The van der Waals surface area contributed by atoms with E-state index >= 15 is 0 Å². The molecule has 0 spiro atoms. The molecule has 16 heavy (non-hydrogen) atoms. The molecule has 0 bridgehead atoms. The molecule has 0 aliphatic carbocycles. The van der Waals surface area contributed by atoms with Crippen molar-refractivity contribution < 1.29 is 4.79 Å². The number of nitrogens with one attached hydrogen (secondary N) is 2. The molecule has 3 nitrogen and oxygen atoms in total. The summed E-state index contributed by atoms with van der Waals surface area (Å²) in [5, 5.41) is 6.17. The Labute approximate surface area is 100 Å². The molecule has 0 aliphatic rings. The number of rotatable bonds is 8. The van der Waals surface area contributed by atoms with Gasteiger partial charge in [0.15, 0.2) is 0 Å².